The molecule has 7 nitrogen and oxygen atoms in total. The van der Waals surface area contributed by atoms with Gasteiger partial charge in [-0.2, -0.15) is 14.5 Å². The first-order chi connectivity index (χ1) is 13.4. The van der Waals surface area contributed by atoms with Crippen molar-refractivity contribution in [1.82, 2.24) is 23.7 Å². The SMILES string of the molecule is Cc1ccc(C)n1-c1c(C(=O)Nc2nc(-c3ccc(F)cc3)ns2)cnn1C. The quantitative estimate of drug-likeness (QED) is 0.570. The van der Waals surface area contributed by atoms with Crippen LogP contribution < -0.4 is 5.32 Å². The Bertz CT molecular complexity index is 1140. The van der Waals surface area contributed by atoms with E-state index in [0.29, 0.717) is 27.9 Å². The summed E-state index contributed by atoms with van der Waals surface area (Å²) in [5, 5.41) is 7.39. The number of nitrogens with one attached hydrogen (secondary N) is 1. The summed E-state index contributed by atoms with van der Waals surface area (Å²) < 4.78 is 21.0. The smallest absolute Gasteiger partial charge is 0.262 e. The number of hydrogen-bond acceptors (Lipinski definition) is 5. The number of rotatable bonds is 4. The standard InChI is InChI=1S/C19H17FN6OS/c1-11-4-5-12(2)26(11)18-15(10-21-25(18)3)17(27)23-19-22-16(24-28-19)13-6-8-14(20)9-7-13/h4-10H,1-3H3,(H,22,23,24,27). The second-order valence-electron chi connectivity index (χ2n) is 6.34. The summed E-state index contributed by atoms with van der Waals surface area (Å²) >= 11 is 1.07. The molecule has 0 aliphatic heterocycles. The lowest BCUT2D eigenvalue weighted by Gasteiger charge is -2.12. The number of aryl methyl sites for hydroxylation is 3. The van der Waals surface area contributed by atoms with E-state index in [9.17, 15) is 9.18 Å². The molecule has 0 radical (unpaired) electrons. The summed E-state index contributed by atoms with van der Waals surface area (Å²) in [4.78, 5) is 17.2. The lowest BCUT2D eigenvalue weighted by Crippen LogP contribution is -2.16. The van der Waals surface area contributed by atoms with Gasteiger partial charge in [0.2, 0.25) is 5.13 Å². The highest BCUT2D eigenvalue weighted by atomic mass is 32.1. The van der Waals surface area contributed by atoms with Crippen LogP contribution in [0, 0.1) is 19.7 Å². The largest absolute Gasteiger partial charge is 0.303 e. The van der Waals surface area contributed by atoms with Crippen molar-refractivity contribution in [2.75, 3.05) is 5.32 Å². The Morgan fingerprint density at radius 1 is 1.11 bits per heavy atom. The maximum atomic E-state index is 13.1. The van der Waals surface area contributed by atoms with Gasteiger partial charge in [0.15, 0.2) is 5.82 Å². The molecule has 0 saturated heterocycles. The predicted octanol–water partition coefficient (Wildman–Crippen LogP) is 3.74. The lowest BCUT2D eigenvalue weighted by atomic mass is 10.2. The Hall–Kier alpha value is -3.33. The fourth-order valence-electron chi connectivity index (χ4n) is 3.01. The van der Waals surface area contributed by atoms with E-state index in [-0.39, 0.29) is 11.7 Å². The van der Waals surface area contributed by atoms with E-state index in [4.69, 9.17) is 0 Å². The molecule has 0 aliphatic rings. The van der Waals surface area contributed by atoms with Crippen molar-refractivity contribution in [2.24, 2.45) is 7.05 Å². The summed E-state index contributed by atoms with van der Waals surface area (Å²) in [5.41, 5.74) is 3.12. The first-order valence-corrected chi connectivity index (χ1v) is 9.29. The lowest BCUT2D eigenvalue weighted by molar-refractivity contribution is 0.102. The molecule has 0 atom stereocenters. The predicted molar refractivity (Wildman–Crippen MR) is 105 cm³/mol. The molecule has 4 rings (SSSR count). The van der Waals surface area contributed by atoms with Crippen molar-refractivity contribution in [3.63, 3.8) is 0 Å². The number of benzene rings is 1. The number of nitrogens with zero attached hydrogens (tertiary/aromatic N) is 5. The van der Waals surface area contributed by atoms with Crippen molar-refractivity contribution in [1.29, 1.82) is 0 Å². The fourth-order valence-corrected chi connectivity index (χ4v) is 3.60. The number of aromatic nitrogens is 5. The van der Waals surface area contributed by atoms with E-state index in [1.165, 1.54) is 18.3 Å². The molecule has 28 heavy (non-hydrogen) atoms. The Balaban J connectivity index is 1.61. The highest BCUT2D eigenvalue weighted by molar-refractivity contribution is 7.10. The average molecular weight is 396 g/mol. The molecule has 142 valence electrons. The molecule has 0 bridgehead atoms. The number of anilines is 1. The Morgan fingerprint density at radius 3 is 2.46 bits per heavy atom. The zero-order valence-corrected chi connectivity index (χ0v) is 16.3. The van der Waals surface area contributed by atoms with Crippen LogP contribution in [0.5, 0.6) is 0 Å². The van der Waals surface area contributed by atoms with Gasteiger partial charge in [-0.05, 0) is 50.2 Å². The van der Waals surface area contributed by atoms with Gasteiger partial charge in [0, 0.05) is 35.5 Å². The van der Waals surface area contributed by atoms with Crippen molar-refractivity contribution >= 4 is 22.6 Å². The normalized spacial score (nSPS) is 11.0. The molecule has 4 aromatic rings. The Morgan fingerprint density at radius 2 is 1.79 bits per heavy atom. The third kappa shape index (κ3) is 3.20. The number of hydrogen-bond donors (Lipinski definition) is 1. The van der Waals surface area contributed by atoms with Crippen LogP contribution in [0.15, 0.2) is 42.6 Å². The van der Waals surface area contributed by atoms with Crippen molar-refractivity contribution in [3.8, 4) is 17.2 Å². The summed E-state index contributed by atoms with van der Waals surface area (Å²) in [6.07, 6.45) is 1.53. The van der Waals surface area contributed by atoms with Gasteiger partial charge in [-0.15, -0.1) is 0 Å². The summed E-state index contributed by atoms with van der Waals surface area (Å²) in [6, 6.07) is 9.86. The van der Waals surface area contributed by atoms with Crippen molar-refractivity contribution in [2.45, 2.75) is 13.8 Å². The topological polar surface area (TPSA) is 77.6 Å². The van der Waals surface area contributed by atoms with Crippen molar-refractivity contribution in [3.05, 3.63) is 65.4 Å². The monoisotopic (exact) mass is 396 g/mol. The van der Waals surface area contributed by atoms with Crippen LogP contribution in [-0.4, -0.2) is 29.6 Å². The van der Waals surface area contributed by atoms with Crippen molar-refractivity contribution < 1.29 is 9.18 Å². The zero-order chi connectivity index (χ0) is 19.8. The van der Waals surface area contributed by atoms with Crippen LogP contribution in [0.3, 0.4) is 0 Å². The van der Waals surface area contributed by atoms with Gasteiger partial charge < -0.3 is 4.57 Å². The van der Waals surface area contributed by atoms with Gasteiger partial charge in [0.05, 0.1) is 6.20 Å². The molecular formula is C19H17FN6OS. The van der Waals surface area contributed by atoms with Crippen LogP contribution in [0.25, 0.3) is 17.2 Å². The number of carbonyl (C=O) groups excluding carboxylic acids is 1. The molecule has 0 unspecified atom stereocenters. The van der Waals surface area contributed by atoms with E-state index in [1.807, 2.05) is 30.5 Å². The third-order valence-corrected chi connectivity index (χ3v) is 5.01. The van der Waals surface area contributed by atoms with E-state index in [2.05, 4.69) is 19.8 Å². The second-order valence-corrected chi connectivity index (χ2v) is 7.09. The Kier molecular flexibility index (Phi) is 4.52. The summed E-state index contributed by atoms with van der Waals surface area (Å²) in [6.45, 7) is 3.95. The molecule has 1 amide bonds. The van der Waals surface area contributed by atoms with Crippen LogP contribution in [0.4, 0.5) is 9.52 Å². The van der Waals surface area contributed by atoms with Crippen LogP contribution in [0.2, 0.25) is 0 Å². The van der Waals surface area contributed by atoms with Gasteiger partial charge in [-0.25, -0.2) is 4.39 Å². The molecule has 0 fully saturated rings. The minimum absolute atomic E-state index is 0.322. The highest BCUT2D eigenvalue weighted by Gasteiger charge is 2.21. The molecule has 1 N–H and O–H groups in total. The molecule has 0 aliphatic carbocycles. The molecule has 1 aromatic carbocycles. The molecule has 0 spiro atoms. The maximum absolute atomic E-state index is 13.1. The van der Waals surface area contributed by atoms with Gasteiger partial charge in [0.25, 0.3) is 5.91 Å². The summed E-state index contributed by atoms with van der Waals surface area (Å²) in [7, 11) is 1.79. The minimum Gasteiger partial charge on any atom is -0.303 e. The first-order valence-electron chi connectivity index (χ1n) is 8.52. The number of carbonyl (C=O) groups is 1. The number of halogens is 1. The molecule has 3 aromatic heterocycles. The highest BCUT2D eigenvalue weighted by Crippen LogP contribution is 2.24. The fraction of sp³-hybridized carbons (Fsp3) is 0.158. The molecule has 0 saturated carbocycles. The zero-order valence-electron chi connectivity index (χ0n) is 15.5. The van der Waals surface area contributed by atoms with Gasteiger partial charge >= 0.3 is 0 Å². The van der Waals surface area contributed by atoms with E-state index in [0.717, 1.165) is 22.9 Å². The summed E-state index contributed by atoms with van der Waals surface area (Å²) in [5.74, 6) is 0.467. The van der Waals surface area contributed by atoms with Crippen LogP contribution in [0.1, 0.15) is 21.7 Å². The first kappa shape index (κ1) is 18.1. The van der Waals surface area contributed by atoms with Crippen LogP contribution in [-0.2, 0) is 7.05 Å². The minimum atomic E-state index is -0.327. The maximum Gasteiger partial charge on any atom is 0.262 e. The van der Waals surface area contributed by atoms with E-state index in [1.54, 1.807) is 23.9 Å². The molecule has 3 heterocycles. The van der Waals surface area contributed by atoms with Gasteiger partial charge in [0.1, 0.15) is 17.2 Å². The number of amides is 1. The average Bonchev–Trinajstić information content (AvgIpc) is 3.36. The third-order valence-electron chi connectivity index (χ3n) is 4.38. The van der Waals surface area contributed by atoms with Gasteiger partial charge in [-0.3, -0.25) is 14.8 Å². The van der Waals surface area contributed by atoms with Gasteiger partial charge in [-0.1, -0.05) is 0 Å². The second kappa shape index (κ2) is 7.01. The van der Waals surface area contributed by atoms with E-state index >= 15 is 0 Å². The molecule has 9 heteroatoms. The Labute approximate surface area is 164 Å². The van der Waals surface area contributed by atoms with Crippen LogP contribution >= 0.6 is 11.5 Å². The van der Waals surface area contributed by atoms with E-state index < -0.39 is 0 Å². The molecular weight excluding hydrogens is 379 g/mol.